The van der Waals surface area contributed by atoms with E-state index in [0.29, 0.717) is 0 Å². The van der Waals surface area contributed by atoms with Gasteiger partial charge in [-0.1, -0.05) is 41.5 Å². The number of ether oxygens (including phenoxy) is 2. The van der Waals surface area contributed by atoms with Crippen LogP contribution in [0.5, 0.6) is 11.5 Å². The van der Waals surface area contributed by atoms with Crippen molar-refractivity contribution in [1.29, 1.82) is 0 Å². The topological polar surface area (TPSA) is 69.7 Å². The Morgan fingerprint density at radius 2 is 1.31 bits per heavy atom. The van der Waals surface area contributed by atoms with Gasteiger partial charge >= 0.3 is 11.9 Å². The van der Waals surface area contributed by atoms with Crippen molar-refractivity contribution in [2.45, 2.75) is 54.4 Å². The van der Waals surface area contributed by atoms with Gasteiger partial charge in [-0.15, -0.1) is 11.6 Å². The molecule has 0 aliphatic carbocycles. The van der Waals surface area contributed by atoms with Crippen LogP contribution in [-0.2, 0) is 9.59 Å². The summed E-state index contributed by atoms with van der Waals surface area (Å²) in [5.41, 5.74) is -0.215. The normalized spacial score (nSPS) is 11.8. The van der Waals surface area contributed by atoms with E-state index in [0.717, 1.165) is 0 Å². The van der Waals surface area contributed by atoms with Crippen LogP contribution in [0.25, 0.3) is 0 Å². The third-order valence-corrected chi connectivity index (χ3v) is 3.43. The average Bonchev–Trinajstić information content (AvgIpc) is 2.44. The minimum absolute atomic E-state index is 0.0393. The highest BCUT2D eigenvalue weighted by molar-refractivity contribution is 6.30. The van der Waals surface area contributed by atoms with Crippen molar-refractivity contribution >= 4 is 29.3 Å². The van der Waals surface area contributed by atoms with Crippen LogP contribution in [0.1, 0.15) is 64.7 Å². The number of carbonyl (C=O) groups is 3. The van der Waals surface area contributed by atoms with Crippen LogP contribution < -0.4 is 9.47 Å². The lowest BCUT2D eigenvalue weighted by Gasteiger charge is -2.19. The summed E-state index contributed by atoms with van der Waals surface area (Å²) < 4.78 is 10.7. The van der Waals surface area contributed by atoms with E-state index in [1.54, 1.807) is 0 Å². The largest absolute Gasteiger partial charge is 0.422 e. The summed E-state index contributed by atoms with van der Waals surface area (Å²) in [4.78, 5) is 36.1. The van der Waals surface area contributed by atoms with Gasteiger partial charge in [-0.2, -0.15) is 0 Å². The fraction of sp³-hybridized carbons (Fsp3) is 0.550. The summed E-state index contributed by atoms with van der Waals surface area (Å²) in [6.07, 6.45) is 0.376. The predicted octanol–water partition coefficient (Wildman–Crippen LogP) is 4.79. The molecule has 1 rings (SSSR count). The Kier molecular flexibility index (Phi) is 7.39. The molecule has 0 heterocycles. The number of hydrogen-bond acceptors (Lipinski definition) is 5. The third kappa shape index (κ3) is 8.00. The van der Waals surface area contributed by atoms with Crippen molar-refractivity contribution in [3.8, 4) is 11.5 Å². The van der Waals surface area contributed by atoms with Gasteiger partial charge in [-0.05, 0) is 29.0 Å². The number of carbonyl (C=O) groups excluding carboxylic acids is 3. The fourth-order valence-electron chi connectivity index (χ4n) is 2.11. The predicted molar refractivity (Wildman–Crippen MR) is 101 cm³/mol. The second-order valence-electron chi connectivity index (χ2n) is 8.64. The minimum atomic E-state index is -0.471. The highest BCUT2D eigenvalue weighted by Crippen LogP contribution is 2.31. The number of esters is 2. The average molecular weight is 383 g/mol. The maximum Gasteiger partial charge on any atom is 0.311 e. The molecule has 1 aromatic rings. The number of hydrogen-bond donors (Lipinski definition) is 0. The maximum atomic E-state index is 12.2. The molecule has 0 aliphatic rings. The van der Waals surface area contributed by atoms with E-state index in [4.69, 9.17) is 21.1 Å². The number of rotatable bonds is 6. The van der Waals surface area contributed by atoms with E-state index in [1.807, 2.05) is 41.5 Å². The summed E-state index contributed by atoms with van der Waals surface area (Å²) in [5.74, 6) is -1.28. The maximum absolute atomic E-state index is 12.2. The SMILES string of the molecule is CC(C)(C)CC(=O)Oc1ccc(C(=O)CCl)cc1OC(=O)CC(C)(C)C. The lowest BCUT2D eigenvalue weighted by atomic mass is 9.92. The zero-order valence-electron chi connectivity index (χ0n) is 16.3. The molecule has 0 saturated carbocycles. The van der Waals surface area contributed by atoms with Crippen LogP contribution in [-0.4, -0.2) is 23.6 Å². The van der Waals surface area contributed by atoms with Gasteiger partial charge in [0.05, 0.1) is 18.7 Å². The Balaban J connectivity index is 3.10. The molecule has 0 radical (unpaired) electrons. The molecule has 0 atom stereocenters. The smallest absolute Gasteiger partial charge is 0.311 e. The Morgan fingerprint density at radius 1 is 0.846 bits per heavy atom. The number of alkyl halides is 1. The summed E-state index contributed by atoms with van der Waals surface area (Å²) in [6, 6.07) is 4.32. The number of benzene rings is 1. The first-order chi connectivity index (χ1) is 11.8. The second-order valence-corrected chi connectivity index (χ2v) is 8.91. The van der Waals surface area contributed by atoms with E-state index < -0.39 is 11.9 Å². The van der Waals surface area contributed by atoms with Gasteiger partial charge in [0.2, 0.25) is 0 Å². The van der Waals surface area contributed by atoms with Gasteiger partial charge in [-0.25, -0.2) is 0 Å². The molecule has 0 amide bonds. The van der Waals surface area contributed by atoms with Crippen molar-refractivity contribution < 1.29 is 23.9 Å². The van der Waals surface area contributed by atoms with Gasteiger partial charge in [0.25, 0.3) is 0 Å². The van der Waals surface area contributed by atoms with Crippen molar-refractivity contribution in [3.05, 3.63) is 23.8 Å². The molecule has 0 saturated heterocycles. The van der Waals surface area contributed by atoms with Crippen LogP contribution in [0.3, 0.4) is 0 Å². The first-order valence-electron chi connectivity index (χ1n) is 8.45. The number of Topliss-reactive ketones (excluding diaryl/α,β-unsaturated/α-hetero) is 1. The fourth-order valence-corrected chi connectivity index (χ4v) is 2.26. The molecule has 5 nitrogen and oxygen atoms in total. The van der Waals surface area contributed by atoms with Crippen LogP contribution >= 0.6 is 11.6 Å². The van der Waals surface area contributed by atoms with Gasteiger partial charge in [0, 0.05) is 5.56 Å². The summed E-state index contributed by atoms with van der Waals surface area (Å²) in [6.45, 7) is 11.5. The molecule has 0 aromatic heterocycles. The number of ketones is 1. The molecule has 1 aromatic carbocycles. The third-order valence-electron chi connectivity index (χ3n) is 3.18. The molecule has 0 unspecified atom stereocenters. The first-order valence-corrected chi connectivity index (χ1v) is 8.99. The first kappa shape index (κ1) is 22.2. The molecule has 0 N–H and O–H groups in total. The lowest BCUT2D eigenvalue weighted by Crippen LogP contribution is -2.20. The molecule has 0 aliphatic heterocycles. The molecule has 6 heteroatoms. The Hall–Kier alpha value is -1.88. The lowest BCUT2D eigenvalue weighted by molar-refractivity contribution is -0.139. The van der Waals surface area contributed by atoms with E-state index >= 15 is 0 Å². The Morgan fingerprint density at radius 3 is 1.73 bits per heavy atom. The van der Waals surface area contributed by atoms with Gasteiger partial charge in [-0.3, -0.25) is 14.4 Å². The molecule has 0 bridgehead atoms. The number of halogens is 1. The van der Waals surface area contributed by atoms with Crippen LogP contribution in [0.15, 0.2) is 18.2 Å². The zero-order chi connectivity index (χ0) is 20.1. The zero-order valence-corrected chi connectivity index (χ0v) is 17.0. The van der Waals surface area contributed by atoms with Crippen LogP contribution in [0, 0.1) is 10.8 Å². The van der Waals surface area contributed by atoms with Gasteiger partial charge < -0.3 is 9.47 Å². The standard InChI is InChI=1S/C20H27ClO5/c1-19(2,3)10-17(23)25-15-8-7-13(14(22)12-21)9-16(15)26-18(24)11-20(4,5)6/h7-9H,10-12H2,1-6H3. The Bertz CT molecular complexity index is 680. The molecule has 26 heavy (non-hydrogen) atoms. The summed E-state index contributed by atoms with van der Waals surface area (Å²) >= 11 is 5.59. The van der Waals surface area contributed by atoms with Gasteiger partial charge in [0.1, 0.15) is 0 Å². The van der Waals surface area contributed by atoms with Gasteiger partial charge in [0.15, 0.2) is 17.3 Å². The summed E-state index contributed by atoms with van der Waals surface area (Å²) in [5, 5.41) is 0. The molecular formula is C20H27ClO5. The summed E-state index contributed by atoms with van der Waals surface area (Å²) in [7, 11) is 0. The van der Waals surface area contributed by atoms with E-state index in [9.17, 15) is 14.4 Å². The van der Waals surface area contributed by atoms with Crippen molar-refractivity contribution in [2.24, 2.45) is 10.8 Å². The molecule has 0 spiro atoms. The Labute approximate surface area is 160 Å². The monoisotopic (exact) mass is 382 g/mol. The van der Waals surface area contributed by atoms with E-state index in [-0.39, 0.29) is 52.4 Å². The highest BCUT2D eigenvalue weighted by Gasteiger charge is 2.23. The van der Waals surface area contributed by atoms with Crippen molar-refractivity contribution in [3.63, 3.8) is 0 Å². The van der Waals surface area contributed by atoms with Crippen LogP contribution in [0.2, 0.25) is 0 Å². The minimum Gasteiger partial charge on any atom is -0.422 e. The van der Waals surface area contributed by atoms with Crippen molar-refractivity contribution in [1.82, 2.24) is 0 Å². The molecule has 144 valence electrons. The van der Waals surface area contributed by atoms with E-state index in [2.05, 4.69) is 0 Å². The van der Waals surface area contributed by atoms with Crippen molar-refractivity contribution in [2.75, 3.05) is 5.88 Å². The second kappa shape index (κ2) is 8.67. The van der Waals surface area contributed by atoms with E-state index in [1.165, 1.54) is 18.2 Å². The highest BCUT2D eigenvalue weighted by atomic mass is 35.5. The molecule has 0 fully saturated rings. The quantitative estimate of drug-likeness (QED) is 0.306. The molecular weight excluding hydrogens is 356 g/mol. The van der Waals surface area contributed by atoms with Crippen LogP contribution in [0.4, 0.5) is 0 Å².